The topological polar surface area (TPSA) is 47.8 Å². The monoisotopic (exact) mass is 311 g/mol. The van der Waals surface area contributed by atoms with Gasteiger partial charge in [0, 0.05) is 17.6 Å². The van der Waals surface area contributed by atoms with E-state index in [0.717, 1.165) is 16.2 Å². The molecule has 0 atom stereocenters. The highest BCUT2D eigenvalue weighted by molar-refractivity contribution is 7.99. The molecule has 4 nitrogen and oxygen atoms in total. The number of hydrogen-bond acceptors (Lipinski definition) is 4. The Labute approximate surface area is 133 Å². The van der Waals surface area contributed by atoms with Gasteiger partial charge in [-0.1, -0.05) is 43.8 Å². The Hall–Kier alpha value is -2.14. The molecule has 0 radical (unpaired) electrons. The number of rotatable bonds is 4. The molecular weight excluding hydrogens is 294 g/mol. The normalized spacial score (nSPS) is 11.2. The van der Waals surface area contributed by atoms with Crippen LogP contribution < -0.4 is 5.56 Å². The SMILES string of the molecule is CC(C)Sc1nc2ccccc2c(=O)n1Cc1cccnc1. The van der Waals surface area contributed by atoms with E-state index in [0.29, 0.717) is 17.2 Å². The van der Waals surface area contributed by atoms with Gasteiger partial charge in [-0.3, -0.25) is 14.3 Å². The number of nitrogens with zero attached hydrogens (tertiary/aromatic N) is 3. The Morgan fingerprint density at radius 1 is 1.18 bits per heavy atom. The summed E-state index contributed by atoms with van der Waals surface area (Å²) in [6, 6.07) is 11.3. The van der Waals surface area contributed by atoms with Gasteiger partial charge >= 0.3 is 0 Å². The molecule has 0 amide bonds. The van der Waals surface area contributed by atoms with Crippen LogP contribution in [0.5, 0.6) is 0 Å². The molecule has 0 spiro atoms. The lowest BCUT2D eigenvalue weighted by atomic mass is 10.2. The molecule has 22 heavy (non-hydrogen) atoms. The van der Waals surface area contributed by atoms with E-state index in [2.05, 4.69) is 23.8 Å². The molecule has 1 aromatic carbocycles. The van der Waals surface area contributed by atoms with Crippen molar-refractivity contribution in [3.8, 4) is 0 Å². The maximum Gasteiger partial charge on any atom is 0.262 e. The minimum Gasteiger partial charge on any atom is -0.283 e. The maximum absolute atomic E-state index is 12.8. The lowest BCUT2D eigenvalue weighted by molar-refractivity contribution is 0.655. The van der Waals surface area contributed by atoms with Gasteiger partial charge < -0.3 is 0 Å². The van der Waals surface area contributed by atoms with Crippen LogP contribution in [0, 0.1) is 0 Å². The summed E-state index contributed by atoms with van der Waals surface area (Å²) in [7, 11) is 0. The van der Waals surface area contributed by atoms with Gasteiger partial charge in [0.15, 0.2) is 5.16 Å². The smallest absolute Gasteiger partial charge is 0.262 e. The molecule has 2 heterocycles. The molecule has 3 aromatic rings. The molecule has 112 valence electrons. The highest BCUT2D eigenvalue weighted by atomic mass is 32.2. The second kappa shape index (κ2) is 6.32. The molecule has 2 aromatic heterocycles. The van der Waals surface area contributed by atoms with Crippen molar-refractivity contribution < 1.29 is 0 Å². The fourth-order valence-corrected chi connectivity index (χ4v) is 3.11. The van der Waals surface area contributed by atoms with Gasteiger partial charge in [0.1, 0.15) is 0 Å². The highest BCUT2D eigenvalue weighted by Gasteiger charge is 2.13. The number of pyridine rings is 1. The van der Waals surface area contributed by atoms with Crippen molar-refractivity contribution in [2.75, 3.05) is 0 Å². The van der Waals surface area contributed by atoms with E-state index in [1.54, 1.807) is 28.7 Å². The third kappa shape index (κ3) is 3.04. The van der Waals surface area contributed by atoms with Crippen LogP contribution in [0.15, 0.2) is 58.7 Å². The fourth-order valence-electron chi connectivity index (χ4n) is 2.26. The average molecular weight is 311 g/mol. The Morgan fingerprint density at radius 2 is 2.00 bits per heavy atom. The van der Waals surface area contributed by atoms with E-state index < -0.39 is 0 Å². The number of para-hydroxylation sites is 1. The lowest BCUT2D eigenvalue weighted by Gasteiger charge is -2.14. The first-order valence-electron chi connectivity index (χ1n) is 7.20. The van der Waals surface area contributed by atoms with Gasteiger partial charge in [0.05, 0.1) is 17.4 Å². The Kier molecular flexibility index (Phi) is 4.24. The minimum absolute atomic E-state index is 0.00222. The van der Waals surface area contributed by atoms with Crippen molar-refractivity contribution in [3.05, 3.63) is 64.7 Å². The summed E-state index contributed by atoms with van der Waals surface area (Å²) in [5.74, 6) is 0. The van der Waals surface area contributed by atoms with Gasteiger partial charge in [0.25, 0.3) is 5.56 Å². The zero-order valence-corrected chi connectivity index (χ0v) is 13.4. The highest BCUT2D eigenvalue weighted by Crippen LogP contribution is 2.22. The largest absolute Gasteiger partial charge is 0.283 e. The molecule has 3 rings (SSSR count). The summed E-state index contributed by atoms with van der Waals surface area (Å²) in [5, 5.41) is 1.76. The number of aromatic nitrogens is 3. The van der Waals surface area contributed by atoms with Crippen molar-refractivity contribution in [3.63, 3.8) is 0 Å². The summed E-state index contributed by atoms with van der Waals surface area (Å²) < 4.78 is 1.74. The van der Waals surface area contributed by atoms with E-state index in [9.17, 15) is 4.79 Å². The quantitative estimate of drug-likeness (QED) is 0.548. The second-order valence-electron chi connectivity index (χ2n) is 5.33. The van der Waals surface area contributed by atoms with Crippen molar-refractivity contribution in [1.29, 1.82) is 0 Å². The van der Waals surface area contributed by atoms with Gasteiger partial charge in [-0.2, -0.15) is 0 Å². The number of benzene rings is 1. The first-order valence-corrected chi connectivity index (χ1v) is 8.08. The standard InChI is InChI=1S/C17H17N3OS/c1-12(2)22-17-19-15-8-4-3-7-14(15)16(21)20(17)11-13-6-5-9-18-10-13/h3-10,12H,11H2,1-2H3. The second-order valence-corrected chi connectivity index (χ2v) is 6.87. The van der Waals surface area contributed by atoms with Gasteiger partial charge in [-0.25, -0.2) is 4.98 Å². The molecule has 0 aliphatic carbocycles. The minimum atomic E-state index is -0.00222. The maximum atomic E-state index is 12.8. The lowest BCUT2D eigenvalue weighted by Crippen LogP contribution is -2.24. The number of hydrogen-bond donors (Lipinski definition) is 0. The van der Waals surface area contributed by atoms with Crippen molar-refractivity contribution in [2.24, 2.45) is 0 Å². The van der Waals surface area contributed by atoms with Gasteiger partial charge in [0.2, 0.25) is 0 Å². The molecule has 0 N–H and O–H groups in total. The summed E-state index contributed by atoms with van der Waals surface area (Å²) in [6.07, 6.45) is 3.51. The van der Waals surface area contributed by atoms with E-state index in [1.165, 1.54) is 0 Å². The van der Waals surface area contributed by atoms with E-state index in [4.69, 9.17) is 0 Å². The van der Waals surface area contributed by atoms with Crippen LogP contribution in [0.2, 0.25) is 0 Å². The third-order valence-corrected chi connectivity index (χ3v) is 4.23. The molecule has 0 aliphatic rings. The number of thioether (sulfide) groups is 1. The Morgan fingerprint density at radius 3 is 2.73 bits per heavy atom. The summed E-state index contributed by atoms with van der Waals surface area (Å²) >= 11 is 1.60. The van der Waals surface area contributed by atoms with Crippen LogP contribution >= 0.6 is 11.8 Å². The molecule has 0 saturated heterocycles. The molecular formula is C17H17N3OS. The molecule has 0 bridgehead atoms. The molecule has 5 heteroatoms. The molecule has 0 unspecified atom stereocenters. The van der Waals surface area contributed by atoms with Gasteiger partial charge in [-0.05, 0) is 23.8 Å². The zero-order chi connectivity index (χ0) is 15.5. The van der Waals surface area contributed by atoms with Crippen molar-refractivity contribution in [1.82, 2.24) is 14.5 Å². The van der Waals surface area contributed by atoms with E-state index in [1.807, 2.05) is 36.4 Å². The summed E-state index contributed by atoms with van der Waals surface area (Å²) in [4.78, 5) is 21.6. The average Bonchev–Trinajstić information content (AvgIpc) is 2.52. The summed E-state index contributed by atoms with van der Waals surface area (Å²) in [6.45, 7) is 4.68. The van der Waals surface area contributed by atoms with Crippen LogP contribution in [-0.2, 0) is 6.54 Å². The molecule has 0 aliphatic heterocycles. The van der Waals surface area contributed by atoms with Crippen LogP contribution in [0.1, 0.15) is 19.4 Å². The van der Waals surface area contributed by atoms with E-state index >= 15 is 0 Å². The predicted octanol–water partition coefficient (Wildman–Crippen LogP) is 3.34. The van der Waals surface area contributed by atoms with Crippen LogP contribution in [0.4, 0.5) is 0 Å². The Bertz CT molecular complexity index is 843. The van der Waals surface area contributed by atoms with E-state index in [-0.39, 0.29) is 5.56 Å². The van der Waals surface area contributed by atoms with Crippen LogP contribution in [0.3, 0.4) is 0 Å². The number of fused-ring (bicyclic) bond motifs is 1. The Balaban J connectivity index is 2.16. The van der Waals surface area contributed by atoms with Crippen LogP contribution in [-0.4, -0.2) is 19.8 Å². The van der Waals surface area contributed by atoms with Crippen molar-refractivity contribution >= 4 is 22.7 Å². The summed E-state index contributed by atoms with van der Waals surface area (Å²) in [5.41, 5.74) is 1.74. The van der Waals surface area contributed by atoms with Crippen molar-refractivity contribution in [2.45, 2.75) is 30.8 Å². The molecule has 0 saturated carbocycles. The fraction of sp³-hybridized carbons (Fsp3) is 0.235. The first-order chi connectivity index (χ1) is 10.6. The predicted molar refractivity (Wildman–Crippen MR) is 90.3 cm³/mol. The van der Waals surface area contributed by atoms with Gasteiger partial charge in [-0.15, -0.1) is 0 Å². The molecule has 0 fully saturated rings. The zero-order valence-electron chi connectivity index (χ0n) is 12.6. The first kappa shape index (κ1) is 14.8. The third-order valence-electron chi connectivity index (χ3n) is 3.23. The van der Waals surface area contributed by atoms with Crippen LogP contribution in [0.25, 0.3) is 10.9 Å².